The Morgan fingerprint density at radius 2 is 2.14 bits per heavy atom. The molecule has 22 heavy (non-hydrogen) atoms. The molecule has 3 aromatic rings. The predicted molar refractivity (Wildman–Crippen MR) is 88.5 cm³/mol. The van der Waals surface area contributed by atoms with Gasteiger partial charge in [-0.05, 0) is 43.0 Å². The number of thiophene rings is 1. The van der Waals surface area contributed by atoms with Crippen molar-refractivity contribution in [3.8, 4) is 0 Å². The molecule has 2 heterocycles. The monoisotopic (exact) mass is 335 g/mol. The molecule has 1 aromatic carbocycles. The van der Waals surface area contributed by atoms with Crippen LogP contribution in [0.5, 0.6) is 0 Å². The minimum atomic E-state index is -3.43. The standard InChI is InChI=1S/C15H17N3O2S2/c1-11(2)18-10-16-13-8-12(5-6-14(13)18)9-17-22(19,20)15-4-3-7-21-15/h3-8,10-11,17H,9H2,1-2H3. The summed E-state index contributed by atoms with van der Waals surface area (Å²) in [7, 11) is -3.43. The van der Waals surface area contributed by atoms with E-state index in [9.17, 15) is 8.42 Å². The van der Waals surface area contributed by atoms with E-state index >= 15 is 0 Å². The minimum Gasteiger partial charge on any atom is -0.328 e. The molecule has 0 fully saturated rings. The lowest BCUT2D eigenvalue weighted by Gasteiger charge is -2.08. The molecular formula is C15H17N3O2S2. The van der Waals surface area contributed by atoms with Gasteiger partial charge in [0.15, 0.2) is 0 Å². The summed E-state index contributed by atoms with van der Waals surface area (Å²) in [6, 6.07) is 9.50. The number of hydrogen-bond donors (Lipinski definition) is 1. The highest BCUT2D eigenvalue weighted by Gasteiger charge is 2.14. The first kappa shape index (κ1) is 15.2. The molecule has 0 aliphatic carbocycles. The first-order chi connectivity index (χ1) is 10.5. The topological polar surface area (TPSA) is 64.0 Å². The second-order valence-electron chi connectivity index (χ2n) is 5.33. The number of nitrogens with zero attached hydrogens (tertiary/aromatic N) is 2. The van der Waals surface area contributed by atoms with Gasteiger partial charge in [-0.1, -0.05) is 12.1 Å². The lowest BCUT2D eigenvalue weighted by Crippen LogP contribution is -2.22. The van der Waals surface area contributed by atoms with Crippen molar-refractivity contribution in [3.63, 3.8) is 0 Å². The molecule has 7 heteroatoms. The van der Waals surface area contributed by atoms with E-state index in [0.29, 0.717) is 10.3 Å². The summed E-state index contributed by atoms with van der Waals surface area (Å²) >= 11 is 1.21. The summed E-state index contributed by atoms with van der Waals surface area (Å²) in [6.45, 7) is 4.46. The van der Waals surface area contributed by atoms with Gasteiger partial charge in [0.05, 0.1) is 17.4 Å². The van der Waals surface area contributed by atoms with Crippen molar-refractivity contribution >= 4 is 32.4 Å². The molecule has 1 N–H and O–H groups in total. The zero-order valence-corrected chi connectivity index (χ0v) is 14.0. The molecule has 0 radical (unpaired) electrons. The predicted octanol–water partition coefficient (Wildman–Crippen LogP) is 3.16. The fourth-order valence-electron chi connectivity index (χ4n) is 2.26. The van der Waals surface area contributed by atoms with Crippen molar-refractivity contribution in [3.05, 3.63) is 47.6 Å². The van der Waals surface area contributed by atoms with Gasteiger partial charge in [-0.15, -0.1) is 11.3 Å². The van der Waals surface area contributed by atoms with Gasteiger partial charge in [0.2, 0.25) is 10.0 Å². The molecule has 0 aliphatic rings. The normalized spacial score (nSPS) is 12.3. The Kier molecular flexibility index (Phi) is 4.03. The third-order valence-corrected chi connectivity index (χ3v) is 6.22. The van der Waals surface area contributed by atoms with E-state index in [2.05, 4.69) is 28.1 Å². The van der Waals surface area contributed by atoms with Gasteiger partial charge in [0, 0.05) is 12.6 Å². The summed E-state index contributed by atoms with van der Waals surface area (Å²) < 4.78 is 29.2. The van der Waals surface area contributed by atoms with Crippen LogP contribution in [0.2, 0.25) is 0 Å². The SMILES string of the molecule is CC(C)n1cnc2cc(CNS(=O)(=O)c3cccs3)ccc21. The highest BCUT2D eigenvalue weighted by molar-refractivity contribution is 7.91. The van der Waals surface area contributed by atoms with Crippen LogP contribution in [0.25, 0.3) is 11.0 Å². The minimum absolute atomic E-state index is 0.255. The number of rotatable bonds is 5. The number of aromatic nitrogens is 2. The molecular weight excluding hydrogens is 318 g/mol. The van der Waals surface area contributed by atoms with E-state index < -0.39 is 10.0 Å². The van der Waals surface area contributed by atoms with E-state index in [1.54, 1.807) is 17.5 Å². The second-order valence-corrected chi connectivity index (χ2v) is 8.27. The Morgan fingerprint density at radius 3 is 2.82 bits per heavy atom. The Hall–Kier alpha value is -1.70. The maximum atomic E-state index is 12.1. The summed E-state index contributed by atoms with van der Waals surface area (Å²) in [5.74, 6) is 0. The van der Waals surface area contributed by atoms with Gasteiger partial charge in [-0.25, -0.2) is 18.1 Å². The molecule has 0 aliphatic heterocycles. The average Bonchev–Trinajstić information content (AvgIpc) is 3.14. The fourth-order valence-corrected chi connectivity index (χ4v) is 4.32. The quantitative estimate of drug-likeness (QED) is 0.779. The largest absolute Gasteiger partial charge is 0.328 e. The zero-order valence-electron chi connectivity index (χ0n) is 12.4. The van der Waals surface area contributed by atoms with Gasteiger partial charge in [-0.2, -0.15) is 0 Å². The number of benzene rings is 1. The van der Waals surface area contributed by atoms with Crippen molar-refractivity contribution in [1.29, 1.82) is 0 Å². The first-order valence-electron chi connectivity index (χ1n) is 6.96. The summed E-state index contributed by atoms with van der Waals surface area (Å²) in [5.41, 5.74) is 2.82. The van der Waals surface area contributed by atoms with Gasteiger partial charge >= 0.3 is 0 Å². The van der Waals surface area contributed by atoms with Crippen molar-refractivity contribution in [2.75, 3.05) is 0 Å². The lowest BCUT2D eigenvalue weighted by molar-refractivity contribution is 0.583. The zero-order chi connectivity index (χ0) is 15.7. The van der Waals surface area contributed by atoms with Crippen molar-refractivity contribution in [1.82, 2.24) is 14.3 Å². The van der Waals surface area contributed by atoms with Crippen LogP contribution in [0.1, 0.15) is 25.5 Å². The summed E-state index contributed by atoms with van der Waals surface area (Å²) in [6.07, 6.45) is 1.81. The van der Waals surface area contributed by atoms with Crippen LogP contribution in [-0.4, -0.2) is 18.0 Å². The molecule has 2 aromatic heterocycles. The van der Waals surface area contributed by atoms with Gasteiger partial charge in [0.1, 0.15) is 4.21 Å². The Balaban J connectivity index is 1.80. The molecule has 0 amide bonds. The van der Waals surface area contributed by atoms with Crippen LogP contribution < -0.4 is 4.72 Å². The highest BCUT2D eigenvalue weighted by atomic mass is 32.2. The maximum absolute atomic E-state index is 12.1. The van der Waals surface area contributed by atoms with Crippen LogP contribution >= 0.6 is 11.3 Å². The molecule has 0 saturated heterocycles. The van der Waals surface area contributed by atoms with E-state index in [1.165, 1.54) is 11.3 Å². The third-order valence-electron chi connectivity index (χ3n) is 3.42. The second kappa shape index (κ2) is 5.83. The summed E-state index contributed by atoms with van der Waals surface area (Å²) in [4.78, 5) is 4.38. The Morgan fingerprint density at radius 1 is 1.32 bits per heavy atom. The van der Waals surface area contributed by atoms with Crippen LogP contribution in [0.15, 0.2) is 46.2 Å². The lowest BCUT2D eigenvalue weighted by atomic mass is 10.2. The number of sulfonamides is 1. The molecule has 0 bridgehead atoms. The molecule has 0 saturated carbocycles. The molecule has 116 valence electrons. The van der Waals surface area contributed by atoms with Gasteiger partial charge in [0.25, 0.3) is 0 Å². The number of fused-ring (bicyclic) bond motifs is 1. The average molecular weight is 335 g/mol. The maximum Gasteiger partial charge on any atom is 0.250 e. The smallest absolute Gasteiger partial charge is 0.250 e. The van der Waals surface area contributed by atoms with Crippen LogP contribution in [0, 0.1) is 0 Å². The number of nitrogens with one attached hydrogen (secondary N) is 1. The Bertz CT molecular complexity index is 881. The number of imidazole rings is 1. The molecule has 5 nitrogen and oxygen atoms in total. The molecule has 0 atom stereocenters. The van der Waals surface area contributed by atoms with Crippen molar-refractivity contribution in [2.24, 2.45) is 0 Å². The molecule has 0 spiro atoms. The van der Waals surface area contributed by atoms with E-state index in [-0.39, 0.29) is 6.54 Å². The van der Waals surface area contributed by atoms with E-state index in [1.807, 2.05) is 24.5 Å². The third kappa shape index (κ3) is 2.92. The van der Waals surface area contributed by atoms with Gasteiger partial charge < -0.3 is 4.57 Å². The summed E-state index contributed by atoms with van der Waals surface area (Å²) in [5, 5.41) is 1.75. The van der Waals surface area contributed by atoms with E-state index in [4.69, 9.17) is 0 Å². The van der Waals surface area contributed by atoms with Crippen LogP contribution in [-0.2, 0) is 16.6 Å². The van der Waals surface area contributed by atoms with Gasteiger partial charge in [-0.3, -0.25) is 0 Å². The van der Waals surface area contributed by atoms with Crippen molar-refractivity contribution < 1.29 is 8.42 Å². The van der Waals surface area contributed by atoms with Crippen LogP contribution in [0.3, 0.4) is 0 Å². The fraction of sp³-hybridized carbons (Fsp3) is 0.267. The van der Waals surface area contributed by atoms with E-state index in [0.717, 1.165) is 16.6 Å². The molecule has 0 unspecified atom stereocenters. The molecule has 3 rings (SSSR count). The number of hydrogen-bond acceptors (Lipinski definition) is 4. The highest BCUT2D eigenvalue weighted by Crippen LogP contribution is 2.20. The van der Waals surface area contributed by atoms with Crippen LogP contribution in [0.4, 0.5) is 0 Å². The van der Waals surface area contributed by atoms with Crippen molar-refractivity contribution in [2.45, 2.75) is 30.6 Å². The first-order valence-corrected chi connectivity index (χ1v) is 9.32. The Labute approximate surface area is 133 Å².